The van der Waals surface area contributed by atoms with Gasteiger partial charge in [-0.1, -0.05) is 12.1 Å². The summed E-state index contributed by atoms with van der Waals surface area (Å²) in [6.45, 7) is -0.847. The number of tetrazole rings is 1. The van der Waals surface area contributed by atoms with Gasteiger partial charge in [-0.3, -0.25) is 19.7 Å². The summed E-state index contributed by atoms with van der Waals surface area (Å²) in [5.74, 6) is -2.22. The van der Waals surface area contributed by atoms with E-state index in [-0.39, 0.29) is 23.4 Å². The molecular weight excluding hydrogens is 420 g/mol. The molecule has 2 N–H and O–H groups in total. The largest absolute Gasteiger partial charge is 0.497 e. The summed E-state index contributed by atoms with van der Waals surface area (Å²) in [6.07, 6.45) is 1.27. The van der Waals surface area contributed by atoms with Crippen molar-refractivity contribution in [2.45, 2.75) is 6.54 Å². The molecule has 3 amide bonds. The molecule has 1 heterocycles. The van der Waals surface area contributed by atoms with Gasteiger partial charge in [0.25, 0.3) is 11.8 Å². The summed E-state index contributed by atoms with van der Waals surface area (Å²) in [5.41, 5.74) is 0.457. The van der Waals surface area contributed by atoms with E-state index < -0.39 is 30.3 Å². The molecule has 0 aliphatic carbocycles. The number of esters is 1. The molecule has 0 spiro atoms. The van der Waals surface area contributed by atoms with E-state index in [0.29, 0.717) is 5.75 Å². The van der Waals surface area contributed by atoms with Gasteiger partial charge in [-0.15, -0.1) is 5.10 Å². The van der Waals surface area contributed by atoms with Crippen LogP contribution in [0, 0.1) is 0 Å². The van der Waals surface area contributed by atoms with Crippen molar-refractivity contribution in [2.24, 2.45) is 0 Å². The minimum atomic E-state index is -0.852. The van der Waals surface area contributed by atoms with Gasteiger partial charge in [0, 0.05) is 5.56 Å². The van der Waals surface area contributed by atoms with Crippen LogP contribution in [0.3, 0.4) is 0 Å². The van der Waals surface area contributed by atoms with Crippen LogP contribution in [0.1, 0.15) is 20.7 Å². The highest BCUT2D eigenvalue weighted by Gasteiger charge is 2.17. The number of nitrogens with zero attached hydrogens (tertiary/aromatic N) is 4. The molecule has 0 saturated carbocycles. The zero-order valence-electron chi connectivity index (χ0n) is 16.8. The minimum Gasteiger partial charge on any atom is -0.497 e. The molecule has 32 heavy (non-hydrogen) atoms. The number of hydrogen-bond acceptors (Lipinski definition) is 9. The molecule has 3 rings (SSSR count). The lowest BCUT2D eigenvalue weighted by atomic mass is 10.2. The van der Waals surface area contributed by atoms with Crippen LogP contribution in [0.5, 0.6) is 5.75 Å². The first-order valence-corrected chi connectivity index (χ1v) is 9.21. The summed E-state index contributed by atoms with van der Waals surface area (Å²) in [6, 6.07) is 12.2. The predicted octanol–water partition coefficient (Wildman–Crippen LogP) is 0.434. The molecule has 0 aliphatic rings. The topological polar surface area (TPSA) is 154 Å². The van der Waals surface area contributed by atoms with Gasteiger partial charge in [-0.2, -0.15) is 0 Å². The Morgan fingerprint density at radius 1 is 1.00 bits per heavy atom. The first-order valence-electron chi connectivity index (χ1n) is 9.21. The van der Waals surface area contributed by atoms with Gasteiger partial charge in [0.05, 0.1) is 18.4 Å². The summed E-state index contributed by atoms with van der Waals surface area (Å²) < 4.78 is 11.2. The third kappa shape index (κ3) is 5.95. The maximum atomic E-state index is 12.4. The van der Waals surface area contributed by atoms with E-state index in [2.05, 4.69) is 26.2 Å². The van der Waals surface area contributed by atoms with E-state index in [4.69, 9.17) is 9.47 Å². The molecule has 164 valence electrons. The number of carbonyl (C=O) groups is 4. The zero-order valence-corrected chi connectivity index (χ0v) is 16.8. The molecule has 0 fully saturated rings. The average Bonchev–Trinajstić information content (AvgIpc) is 3.30. The molecule has 12 heteroatoms. The second-order valence-corrected chi connectivity index (χ2v) is 6.28. The van der Waals surface area contributed by atoms with E-state index in [0.717, 1.165) is 0 Å². The highest BCUT2D eigenvalue weighted by atomic mass is 16.5. The van der Waals surface area contributed by atoms with Crippen LogP contribution in [0.15, 0.2) is 54.9 Å². The smallest absolute Gasteiger partial charge is 0.340 e. The lowest BCUT2D eigenvalue weighted by molar-refractivity contribution is -0.123. The lowest BCUT2D eigenvalue weighted by Crippen LogP contribution is -2.34. The molecule has 2 aromatic carbocycles. The number of imide groups is 1. The van der Waals surface area contributed by atoms with Crippen molar-refractivity contribution in [1.82, 2.24) is 25.5 Å². The number of methoxy groups -OCH3 is 1. The van der Waals surface area contributed by atoms with Crippen LogP contribution in [0.2, 0.25) is 0 Å². The third-order valence-electron chi connectivity index (χ3n) is 4.06. The van der Waals surface area contributed by atoms with Crippen LogP contribution in [-0.2, 0) is 20.9 Å². The average molecular weight is 438 g/mol. The fourth-order valence-electron chi connectivity index (χ4n) is 2.55. The number of ether oxygens (including phenoxy) is 2. The van der Waals surface area contributed by atoms with E-state index in [9.17, 15) is 19.2 Å². The van der Waals surface area contributed by atoms with Crippen molar-refractivity contribution < 1.29 is 28.7 Å². The molecule has 0 radical (unpaired) electrons. The minimum absolute atomic E-state index is 0.0341. The summed E-state index contributed by atoms with van der Waals surface area (Å²) in [7, 11) is 1.49. The molecule has 1 aromatic heterocycles. The van der Waals surface area contributed by atoms with Crippen LogP contribution in [-0.4, -0.2) is 57.6 Å². The monoisotopic (exact) mass is 438 g/mol. The summed E-state index contributed by atoms with van der Waals surface area (Å²) in [5, 5.41) is 15.1. The Bertz CT molecular complexity index is 1110. The van der Waals surface area contributed by atoms with Crippen molar-refractivity contribution >= 4 is 29.4 Å². The van der Waals surface area contributed by atoms with Gasteiger partial charge < -0.3 is 14.8 Å². The van der Waals surface area contributed by atoms with Crippen molar-refractivity contribution in [2.75, 3.05) is 19.0 Å². The molecule has 0 unspecified atom stereocenters. The third-order valence-corrected chi connectivity index (χ3v) is 4.06. The Morgan fingerprint density at radius 3 is 2.44 bits per heavy atom. The second kappa shape index (κ2) is 10.4. The molecule has 3 aromatic rings. The predicted molar refractivity (Wildman–Crippen MR) is 109 cm³/mol. The van der Waals surface area contributed by atoms with Crippen molar-refractivity contribution in [3.63, 3.8) is 0 Å². The first kappa shape index (κ1) is 22.1. The van der Waals surface area contributed by atoms with Crippen molar-refractivity contribution in [3.05, 3.63) is 66.0 Å². The van der Waals surface area contributed by atoms with Crippen LogP contribution < -0.4 is 15.4 Å². The maximum Gasteiger partial charge on any atom is 0.340 e. The number of anilines is 1. The van der Waals surface area contributed by atoms with Crippen molar-refractivity contribution in [3.8, 4) is 5.75 Å². The lowest BCUT2D eigenvalue weighted by Gasteiger charge is -2.11. The quantitative estimate of drug-likeness (QED) is 0.477. The van der Waals surface area contributed by atoms with Gasteiger partial charge in [0.1, 0.15) is 18.6 Å². The first-order chi connectivity index (χ1) is 15.5. The maximum absolute atomic E-state index is 12.4. The second-order valence-electron chi connectivity index (χ2n) is 6.28. The molecule has 0 saturated heterocycles. The van der Waals surface area contributed by atoms with Crippen molar-refractivity contribution in [1.29, 1.82) is 0 Å². The van der Waals surface area contributed by atoms with Gasteiger partial charge >= 0.3 is 5.97 Å². The standard InChI is InChI=1S/C20H18N6O6/c1-31-14-8-6-13(7-9-14)19(29)23-18(28)11-32-20(30)15-4-2-3-5-16(15)22-17(27)10-26-12-21-24-25-26/h2-9,12H,10-11H2,1H3,(H,22,27)(H,23,28,29). The van der Waals surface area contributed by atoms with Crippen LogP contribution in [0.25, 0.3) is 0 Å². The summed E-state index contributed by atoms with van der Waals surface area (Å²) >= 11 is 0. The highest BCUT2D eigenvalue weighted by Crippen LogP contribution is 2.16. The van der Waals surface area contributed by atoms with Gasteiger partial charge in [-0.25, -0.2) is 9.48 Å². The number of hydrogen-bond donors (Lipinski definition) is 2. The number of amides is 3. The summed E-state index contributed by atoms with van der Waals surface area (Å²) in [4.78, 5) is 48.6. The Hall–Kier alpha value is -4.61. The number of aromatic nitrogens is 4. The number of nitrogens with one attached hydrogen (secondary N) is 2. The normalized spacial score (nSPS) is 10.2. The molecule has 12 nitrogen and oxygen atoms in total. The van der Waals surface area contributed by atoms with Crippen LogP contribution in [0.4, 0.5) is 5.69 Å². The van der Waals surface area contributed by atoms with E-state index in [1.807, 2.05) is 0 Å². The number of para-hydroxylation sites is 1. The van der Waals surface area contributed by atoms with E-state index in [1.165, 1.54) is 42.4 Å². The van der Waals surface area contributed by atoms with Gasteiger partial charge in [0.2, 0.25) is 5.91 Å². The number of rotatable bonds is 8. The Morgan fingerprint density at radius 2 is 1.75 bits per heavy atom. The molecule has 0 atom stereocenters. The molecule has 0 bridgehead atoms. The highest BCUT2D eigenvalue weighted by molar-refractivity contribution is 6.06. The molecule has 0 aliphatic heterocycles. The SMILES string of the molecule is COc1ccc(C(=O)NC(=O)COC(=O)c2ccccc2NC(=O)Cn2cnnn2)cc1. The Balaban J connectivity index is 1.54. The Labute approximate surface area is 181 Å². The van der Waals surface area contributed by atoms with Gasteiger partial charge in [0.15, 0.2) is 6.61 Å². The van der Waals surface area contributed by atoms with E-state index >= 15 is 0 Å². The van der Waals surface area contributed by atoms with E-state index in [1.54, 1.807) is 24.3 Å². The van der Waals surface area contributed by atoms with Gasteiger partial charge in [-0.05, 0) is 46.8 Å². The fraction of sp³-hybridized carbons (Fsp3) is 0.150. The Kier molecular flexibility index (Phi) is 7.20. The fourth-order valence-corrected chi connectivity index (χ4v) is 2.55. The number of carbonyl (C=O) groups excluding carboxylic acids is 4. The number of benzene rings is 2. The zero-order chi connectivity index (χ0) is 22.9. The molecular formula is C20H18N6O6. The van der Waals surface area contributed by atoms with Crippen LogP contribution >= 0.6 is 0 Å².